The van der Waals surface area contributed by atoms with Gasteiger partial charge >= 0.3 is 6.03 Å². The summed E-state index contributed by atoms with van der Waals surface area (Å²) in [5, 5.41) is 3.09. The number of carbonyl (C=O) groups excluding carboxylic acids is 1. The fraction of sp³-hybridized carbons (Fsp3) is 0.588. The Morgan fingerprint density at radius 3 is 2.48 bits per heavy atom. The summed E-state index contributed by atoms with van der Waals surface area (Å²) >= 11 is 0. The predicted molar refractivity (Wildman–Crippen MR) is 86.9 cm³/mol. The maximum Gasteiger partial charge on any atom is 0.321 e. The van der Waals surface area contributed by atoms with Crippen LogP contribution in [0.4, 0.5) is 16.2 Å². The quantitative estimate of drug-likeness (QED) is 0.920. The molecule has 1 saturated heterocycles. The third kappa shape index (κ3) is 3.49. The van der Waals surface area contributed by atoms with Crippen molar-refractivity contribution in [1.82, 2.24) is 4.90 Å². The highest BCUT2D eigenvalue weighted by Crippen LogP contribution is 2.30. The highest BCUT2D eigenvalue weighted by atomic mass is 16.2. The van der Waals surface area contributed by atoms with Gasteiger partial charge in [0.15, 0.2) is 0 Å². The van der Waals surface area contributed by atoms with Crippen LogP contribution in [0.1, 0.15) is 38.5 Å². The minimum atomic E-state index is 0.0137. The molecular weight excluding hydrogens is 262 g/mol. The Kier molecular flexibility index (Phi) is 4.32. The van der Waals surface area contributed by atoms with Gasteiger partial charge in [0, 0.05) is 26.2 Å². The minimum Gasteiger partial charge on any atom is -0.370 e. The van der Waals surface area contributed by atoms with Crippen LogP contribution in [0, 0.1) is 0 Å². The molecule has 4 nitrogen and oxygen atoms in total. The zero-order valence-corrected chi connectivity index (χ0v) is 12.8. The topological polar surface area (TPSA) is 35.6 Å². The van der Waals surface area contributed by atoms with Crippen LogP contribution in [0.5, 0.6) is 0 Å². The first-order valence-electron chi connectivity index (χ1n) is 8.13. The normalized spacial score (nSPS) is 19.0. The van der Waals surface area contributed by atoms with Gasteiger partial charge in [-0.2, -0.15) is 0 Å². The Labute approximate surface area is 127 Å². The van der Waals surface area contributed by atoms with E-state index in [1.165, 1.54) is 25.7 Å². The van der Waals surface area contributed by atoms with Crippen molar-refractivity contribution in [2.45, 2.75) is 44.6 Å². The lowest BCUT2D eigenvalue weighted by Gasteiger charge is -2.26. The first-order chi connectivity index (χ1) is 10.3. The lowest BCUT2D eigenvalue weighted by atomic mass is 10.2. The van der Waals surface area contributed by atoms with Gasteiger partial charge < -0.3 is 15.1 Å². The summed E-state index contributed by atoms with van der Waals surface area (Å²) < 4.78 is 0. The number of anilines is 2. The molecular formula is C17H25N3O. The number of urea groups is 1. The van der Waals surface area contributed by atoms with Crippen molar-refractivity contribution in [3.05, 3.63) is 24.3 Å². The molecule has 2 amide bonds. The van der Waals surface area contributed by atoms with Gasteiger partial charge in [0.25, 0.3) is 0 Å². The van der Waals surface area contributed by atoms with E-state index >= 15 is 0 Å². The summed E-state index contributed by atoms with van der Waals surface area (Å²) in [5.74, 6) is 0. The minimum absolute atomic E-state index is 0.0137. The monoisotopic (exact) mass is 287 g/mol. The second-order valence-corrected chi connectivity index (χ2v) is 6.19. The second kappa shape index (κ2) is 6.37. The third-order valence-electron chi connectivity index (χ3n) is 4.51. The van der Waals surface area contributed by atoms with Crippen molar-refractivity contribution in [2.75, 3.05) is 30.4 Å². The van der Waals surface area contributed by atoms with Crippen LogP contribution in [0.25, 0.3) is 0 Å². The first kappa shape index (κ1) is 14.2. The molecule has 1 aromatic rings. The van der Waals surface area contributed by atoms with Crippen LogP contribution in [0.2, 0.25) is 0 Å². The van der Waals surface area contributed by atoms with Gasteiger partial charge in [-0.15, -0.1) is 0 Å². The molecule has 0 bridgehead atoms. The number of nitrogens with zero attached hydrogens (tertiary/aromatic N) is 2. The Morgan fingerprint density at radius 1 is 1.14 bits per heavy atom. The number of hydrogen-bond donors (Lipinski definition) is 1. The van der Waals surface area contributed by atoms with Gasteiger partial charge in [-0.25, -0.2) is 4.79 Å². The van der Waals surface area contributed by atoms with Crippen molar-refractivity contribution in [3.63, 3.8) is 0 Å². The van der Waals surface area contributed by atoms with Crippen molar-refractivity contribution < 1.29 is 4.79 Å². The molecule has 114 valence electrons. The average molecular weight is 287 g/mol. The van der Waals surface area contributed by atoms with Crippen LogP contribution in [0.15, 0.2) is 24.3 Å². The molecule has 0 spiro atoms. The molecule has 3 rings (SSSR count). The Balaban J connectivity index is 1.73. The molecule has 1 N–H and O–H groups in total. The highest BCUT2D eigenvalue weighted by Gasteiger charge is 2.29. The Bertz CT molecular complexity index is 491. The fourth-order valence-electron chi connectivity index (χ4n) is 3.00. The molecule has 21 heavy (non-hydrogen) atoms. The average Bonchev–Trinajstić information content (AvgIpc) is 3.34. The number of amides is 2. The zero-order valence-electron chi connectivity index (χ0n) is 12.8. The summed E-state index contributed by atoms with van der Waals surface area (Å²) in [5.41, 5.74) is 2.11. The Hall–Kier alpha value is -1.71. The van der Waals surface area contributed by atoms with E-state index in [1.54, 1.807) is 0 Å². The van der Waals surface area contributed by atoms with Gasteiger partial charge in [-0.3, -0.25) is 0 Å². The molecule has 2 fully saturated rings. The van der Waals surface area contributed by atoms with Gasteiger partial charge in [0.1, 0.15) is 0 Å². The molecule has 1 aliphatic heterocycles. The molecule has 1 heterocycles. The molecule has 0 aromatic heterocycles. The maximum absolute atomic E-state index is 12.3. The van der Waals surface area contributed by atoms with Gasteiger partial charge in [-0.1, -0.05) is 25.0 Å². The highest BCUT2D eigenvalue weighted by molar-refractivity contribution is 5.93. The van der Waals surface area contributed by atoms with E-state index in [9.17, 15) is 4.79 Å². The number of hydrogen-bond acceptors (Lipinski definition) is 2. The van der Waals surface area contributed by atoms with Crippen molar-refractivity contribution in [2.24, 2.45) is 0 Å². The molecule has 2 aliphatic rings. The molecule has 0 radical (unpaired) electrons. The van der Waals surface area contributed by atoms with Crippen LogP contribution in [0.3, 0.4) is 0 Å². The number of para-hydroxylation sites is 2. The van der Waals surface area contributed by atoms with Gasteiger partial charge in [-0.05, 0) is 37.8 Å². The zero-order chi connectivity index (χ0) is 14.7. The van der Waals surface area contributed by atoms with E-state index < -0.39 is 0 Å². The third-order valence-corrected chi connectivity index (χ3v) is 4.51. The smallest absolute Gasteiger partial charge is 0.321 e. The molecule has 0 unspecified atom stereocenters. The van der Waals surface area contributed by atoms with Crippen LogP contribution >= 0.6 is 0 Å². The van der Waals surface area contributed by atoms with E-state index in [0.29, 0.717) is 6.04 Å². The first-order valence-corrected chi connectivity index (χ1v) is 8.13. The Morgan fingerprint density at radius 2 is 1.81 bits per heavy atom. The van der Waals surface area contributed by atoms with E-state index in [1.807, 2.05) is 24.1 Å². The maximum atomic E-state index is 12.3. The summed E-state index contributed by atoms with van der Waals surface area (Å²) in [6.45, 7) is 2.18. The van der Waals surface area contributed by atoms with E-state index in [4.69, 9.17) is 0 Å². The van der Waals surface area contributed by atoms with E-state index in [-0.39, 0.29) is 6.03 Å². The molecule has 1 aromatic carbocycles. The lowest BCUT2D eigenvalue weighted by molar-refractivity contribution is 0.220. The van der Waals surface area contributed by atoms with Crippen molar-refractivity contribution in [3.8, 4) is 0 Å². The molecule has 1 saturated carbocycles. The number of nitrogens with one attached hydrogen (secondary N) is 1. The molecule has 0 atom stereocenters. The van der Waals surface area contributed by atoms with Crippen LogP contribution < -0.4 is 10.2 Å². The lowest BCUT2D eigenvalue weighted by Crippen LogP contribution is -2.34. The number of rotatable bonds is 3. The summed E-state index contributed by atoms with van der Waals surface area (Å²) in [6, 6.07) is 8.64. The largest absolute Gasteiger partial charge is 0.370 e. The van der Waals surface area contributed by atoms with Gasteiger partial charge in [0.2, 0.25) is 0 Å². The second-order valence-electron chi connectivity index (χ2n) is 6.19. The van der Waals surface area contributed by atoms with Crippen molar-refractivity contribution in [1.29, 1.82) is 0 Å². The van der Waals surface area contributed by atoms with Crippen molar-refractivity contribution >= 4 is 17.4 Å². The summed E-state index contributed by atoms with van der Waals surface area (Å²) in [6.07, 6.45) is 7.38. The van der Waals surface area contributed by atoms with Gasteiger partial charge in [0.05, 0.1) is 11.4 Å². The summed E-state index contributed by atoms with van der Waals surface area (Å²) in [4.78, 5) is 16.5. The van der Waals surface area contributed by atoms with E-state index in [0.717, 1.165) is 37.3 Å². The SMILES string of the molecule is CN(C(=O)Nc1ccccc1N1CCCCCC1)C1CC1. The predicted octanol–water partition coefficient (Wildman–Crippen LogP) is 3.69. The van der Waals surface area contributed by atoms with Crippen LogP contribution in [-0.2, 0) is 0 Å². The standard InChI is InChI=1S/C17H25N3O/c1-19(14-10-11-14)17(21)18-15-8-4-5-9-16(15)20-12-6-2-3-7-13-20/h4-5,8-9,14H,2-3,6-7,10-13H2,1H3,(H,18,21). The van der Waals surface area contributed by atoms with Crippen LogP contribution in [-0.4, -0.2) is 37.1 Å². The summed E-state index contributed by atoms with van der Waals surface area (Å²) in [7, 11) is 1.89. The van der Waals surface area contributed by atoms with E-state index in [2.05, 4.69) is 22.3 Å². The number of benzene rings is 1. The fourth-order valence-corrected chi connectivity index (χ4v) is 3.00. The molecule has 1 aliphatic carbocycles. The number of carbonyl (C=O) groups is 1. The molecule has 4 heteroatoms.